The highest BCUT2D eigenvalue weighted by molar-refractivity contribution is 6.08. The molecule has 0 heterocycles. The van der Waals surface area contributed by atoms with E-state index in [1.54, 1.807) is 0 Å². The maximum absolute atomic E-state index is 3.18. The van der Waals surface area contributed by atoms with Crippen molar-refractivity contribution in [3.8, 4) is 0 Å². The van der Waals surface area contributed by atoms with E-state index in [0.29, 0.717) is 0 Å². The summed E-state index contributed by atoms with van der Waals surface area (Å²) in [5.41, 5.74) is 2.47. The standard InChI is InChI=1S/C16H15N.C2H6/c1-11-3-7-15-12(9-11)4-5-13-10-14(17-2)6-8-16(13)15;1-2/h3-10,17H,1-2H3;1-2H3. The first kappa shape index (κ1) is 13.4. The summed E-state index contributed by atoms with van der Waals surface area (Å²) in [6.45, 7) is 6.13. The Kier molecular flexibility index (Phi) is 4.06. The monoisotopic (exact) mass is 251 g/mol. The number of aryl methyl sites for hydroxylation is 1. The molecule has 3 aromatic rings. The lowest BCUT2D eigenvalue weighted by atomic mass is 10.00. The van der Waals surface area contributed by atoms with E-state index < -0.39 is 0 Å². The van der Waals surface area contributed by atoms with Crippen LogP contribution in [-0.4, -0.2) is 7.05 Å². The molecule has 1 nitrogen and oxygen atoms in total. The van der Waals surface area contributed by atoms with Gasteiger partial charge in [0.05, 0.1) is 0 Å². The van der Waals surface area contributed by atoms with Crippen molar-refractivity contribution in [2.24, 2.45) is 0 Å². The van der Waals surface area contributed by atoms with Gasteiger partial charge in [0.1, 0.15) is 0 Å². The second-order valence-electron chi connectivity index (χ2n) is 4.48. The molecule has 0 unspecified atom stereocenters. The van der Waals surface area contributed by atoms with Crippen molar-refractivity contribution < 1.29 is 0 Å². The van der Waals surface area contributed by atoms with Crippen LogP contribution in [0.25, 0.3) is 21.5 Å². The largest absolute Gasteiger partial charge is 0.388 e. The van der Waals surface area contributed by atoms with E-state index in [2.05, 4.69) is 60.8 Å². The van der Waals surface area contributed by atoms with Crippen LogP contribution in [0.5, 0.6) is 0 Å². The van der Waals surface area contributed by atoms with Crippen LogP contribution in [0.15, 0.2) is 48.5 Å². The summed E-state index contributed by atoms with van der Waals surface area (Å²) in [5, 5.41) is 8.43. The van der Waals surface area contributed by atoms with Crippen LogP contribution in [0, 0.1) is 6.92 Å². The fraction of sp³-hybridized carbons (Fsp3) is 0.222. The van der Waals surface area contributed by atoms with Crippen molar-refractivity contribution in [1.29, 1.82) is 0 Å². The van der Waals surface area contributed by atoms with Crippen LogP contribution >= 0.6 is 0 Å². The summed E-state index contributed by atoms with van der Waals surface area (Å²) >= 11 is 0. The Bertz CT molecular complexity index is 698. The van der Waals surface area contributed by atoms with Crippen LogP contribution in [-0.2, 0) is 0 Å². The maximum atomic E-state index is 3.18. The molecule has 3 aromatic carbocycles. The number of hydrogen-bond donors (Lipinski definition) is 1. The van der Waals surface area contributed by atoms with Gasteiger partial charge in [0, 0.05) is 12.7 Å². The minimum Gasteiger partial charge on any atom is -0.388 e. The molecule has 0 aliphatic heterocycles. The number of rotatable bonds is 1. The molecule has 0 spiro atoms. The van der Waals surface area contributed by atoms with Crippen LogP contribution in [0.3, 0.4) is 0 Å². The van der Waals surface area contributed by atoms with Gasteiger partial charge in [0.25, 0.3) is 0 Å². The average molecular weight is 251 g/mol. The topological polar surface area (TPSA) is 12.0 Å². The smallest absolute Gasteiger partial charge is 0.0344 e. The first-order chi connectivity index (χ1) is 9.28. The number of benzene rings is 3. The Labute approximate surface area is 115 Å². The zero-order valence-corrected chi connectivity index (χ0v) is 12.1. The van der Waals surface area contributed by atoms with E-state index in [4.69, 9.17) is 0 Å². The molecule has 0 aliphatic carbocycles. The van der Waals surface area contributed by atoms with Crippen molar-refractivity contribution in [1.82, 2.24) is 0 Å². The molecule has 1 heteroatoms. The highest BCUT2D eigenvalue weighted by Gasteiger charge is 2.01. The third kappa shape index (κ3) is 2.55. The second-order valence-corrected chi connectivity index (χ2v) is 4.48. The zero-order chi connectivity index (χ0) is 13.8. The molecule has 19 heavy (non-hydrogen) atoms. The lowest BCUT2D eigenvalue weighted by molar-refractivity contribution is 1.50. The molecular weight excluding hydrogens is 230 g/mol. The van der Waals surface area contributed by atoms with Gasteiger partial charge in [-0.05, 0) is 40.6 Å². The summed E-state index contributed by atoms with van der Waals surface area (Å²) in [7, 11) is 1.95. The number of nitrogens with one attached hydrogen (secondary N) is 1. The molecule has 98 valence electrons. The first-order valence-electron chi connectivity index (χ1n) is 6.89. The molecular formula is C18H21N. The van der Waals surface area contributed by atoms with Gasteiger partial charge in [-0.2, -0.15) is 0 Å². The van der Waals surface area contributed by atoms with E-state index in [1.165, 1.54) is 27.1 Å². The molecule has 0 fully saturated rings. The Morgan fingerprint density at radius 2 is 1.32 bits per heavy atom. The molecule has 1 N–H and O–H groups in total. The molecule has 0 aromatic heterocycles. The van der Waals surface area contributed by atoms with Crippen LogP contribution in [0.4, 0.5) is 5.69 Å². The van der Waals surface area contributed by atoms with Crippen LogP contribution in [0.1, 0.15) is 19.4 Å². The van der Waals surface area contributed by atoms with Crippen LogP contribution < -0.4 is 5.32 Å². The van der Waals surface area contributed by atoms with E-state index in [0.717, 1.165) is 5.69 Å². The Hall–Kier alpha value is -2.02. The minimum absolute atomic E-state index is 1.16. The van der Waals surface area contributed by atoms with Gasteiger partial charge in [0.2, 0.25) is 0 Å². The SMILES string of the molecule is CC.CNc1ccc2c(ccc3cc(C)ccc32)c1. The quantitative estimate of drug-likeness (QED) is 0.573. The average Bonchev–Trinajstić information content (AvgIpc) is 2.48. The van der Waals surface area contributed by atoms with Gasteiger partial charge in [-0.15, -0.1) is 0 Å². The van der Waals surface area contributed by atoms with Crippen molar-refractivity contribution in [3.63, 3.8) is 0 Å². The minimum atomic E-state index is 1.16. The van der Waals surface area contributed by atoms with Crippen molar-refractivity contribution in [2.75, 3.05) is 12.4 Å². The molecule has 0 aliphatic rings. The van der Waals surface area contributed by atoms with Gasteiger partial charge in [-0.25, -0.2) is 0 Å². The zero-order valence-electron chi connectivity index (χ0n) is 12.1. The van der Waals surface area contributed by atoms with Gasteiger partial charge in [-0.1, -0.05) is 55.8 Å². The summed E-state index contributed by atoms with van der Waals surface area (Å²) in [6.07, 6.45) is 0. The summed E-state index contributed by atoms with van der Waals surface area (Å²) < 4.78 is 0. The Balaban J connectivity index is 0.000000637. The van der Waals surface area contributed by atoms with E-state index >= 15 is 0 Å². The van der Waals surface area contributed by atoms with Crippen molar-refractivity contribution in [3.05, 3.63) is 54.1 Å². The lowest BCUT2D eigenvalue weighted by Crippen LogP contribution is -1.87. The third-order valence-corrected chi connectivity index (χ3v) is 3.28. The predicted molar refractivity (Wildman–Crippen MR) is 87.1 cm³/mol. The molecule has 0 saturated heterocycles. The van der Waals surface area contributed by atoms with Gasteiger partial charge in [-0.3, -0.25) is 0 Å². The molecule has 0 saturated carbocycles. The Morgan fingerprint density at radius 1 is 0.737 bits per heavy atom. The van der Waals surface area contributed by atoms with E-state index in [9.17, 15) is 0 Å². The fourth-order valence-electron chi connectivity index (χ4n) is 2.35. The highest BCUT2D eigenvalue weighted by atomic mass is 14.8. The summed E-state index contributed by atoms with van der Waals surface area (Å²) in [6, 6.07) is 17.5. The highest BCUT2D eigenvalue weighted by Crippen LogP contribution is 2.27. The maximum Gasteiger partial charge on any atom is 0.0344 e. The lowest BCUT2D eigenvalue weighted by Gasteiger charge is -2.07. The number of anilines is 1. The number of fused-ring (bicyclic) bond motifs is 3. The molecule has 0 amide bonds. The second kappa shape index (κ2) is 5.75. The first-order valence-corrected chi connectivity index (χ1v) is 6.89. The summed E-state index contributed by atoms with van der Waals surface area (Å²) in [4.78, 5) is 0. The molecule has 3 rings (SSSR count). The van der Waals surface area contributed by atoms with Gasteiger partial charge < -0.3 is 5.32 Å². The predicted octanol–water partition coefficient (Wildman–Crippen LogP) is 5.37. The van der Waals surface area contributed by atoms with Crippen molar-refractivity contribution >= 4 is 27.2 Å². The summed E-state index contributed by atoms with van der Waals surface area (Å²) in [5.74, 6) is 0. The van der Waals surface area contributed by atoms with Crippen LogP contribution in [0.2, 0.25) is 0 Å². The molecule has 0 radical (unpaired) electrons. The fourth-order valence-corrected chi connectivity index (χ4v) is 2.35. The molecule has 0 atom stereocenters. The normalized spacial score (nSPS) is 10.1. The number of hydrogen-bond acceptors (Lipinski definition) is 1. The van der Waals surface area contributed by atoms with E-state index in [1.807, 2.05) is 20.9 Å². The van der Waals surface area contributed by atoms with Crippen molar-refractivity contribution in [2.45, 2.75) is 20.8 Å². The van der Waals surface area contributed by atoms with Gasteiger partial charge >= 0.3 is 0 Å². The third-order valence-electron chi connectivity index (χ3n) is 3.28. The molecule has 0 bridgehead atoms. The van der Waals surface area contributed by atoms with Gasteiger partial charge in [0.15, 0.2) is 0 Å². The Morgan fingerprint density at radius 3 is 1.95 bits per heavy atom. The van der Waals surface area contributed by atoms with E-state index in [-0.39, 0.29) is 0 Å².